The number of hydrogen-bond donors (Lipinski definition) is 0. The van der Waals surface area contributed by atoms with Gasteiger partial charge in [-0.3, -0.25) is 0 Å². The molecule has 0 aromatic carbocycles. The maximum Gasteiger partial charge on any atom is 0.0256 e. The second-order valence-corrected chi connectivity index (χ2v) is 7.98. The molecule has 2 fully saturated rings. The van der Waals surface area contributed by atoms with Gasteiger partial charge in [0.2, 0.25) is 0 Å². The van der Waals surface area contributed by atoms with Gasteiger partial charge in [0.1, 0.15) is 0 Å². The molecule has 5 atom stereocenters. The monoisotopic (exact) mass is 278 g/mol. The minimum atomic E-state index is 0.427. The molecule has 110 valence electrons. The molecule has 0 spiro atoms. The van der Waals surface area contributed by atoms with Gasteiger partial charge in [-0.1, -0.05) is 36.8 Å². The molecule has 0 N–H and O–H groups in total. The Morgan fingerprint density at radius 3 is 2.90 bits per heavy atom. The Balaban J connectivity index is 1.67. The number of terminal acetylenes is 1. The molecule has 0 aromatic heterocycles. The summed E-state index contributed by atoms with van der Waals surface area (Å²) in [5, 5.41) is 0. The van der Waals surface area contributed by atoms with E-state index in [2.05, 4.69) is 31.6 Å². The maximum atomic E-state index is 5.84. The fourth-order valence-corrected chi connectivity index (χ4v) is 6.07. The third-order valence-corrected chi connectivity index (χ3v) is 7.16. The number of hydrogen-bond acceptors (Lipinski definition) is 0. The van der Waals surface area contributed by atoms with Crippen LogP contribution < -0.4 is 0 Å². The standard InChI is InChI=1S/C21H26/c1-4-16-7-10-20-19-9-6-15-13-14(2)5-8-17(15)18(19)11-12-21(16,20)3/h1,5,8,16,18-20H,2,6-7,9-13H2,3H3/t16-,18?,19?,20?,21+/m0/s1. The normalized spacial score (nSPS) is 44.9. The van der Waals surface area contributed by atoms with Crippen molar-refractivity contribution >= 4 is 0 Å². The van der Waals surface area contributed by atoms with E-state index in [0.717, 1.165) is 24.2 Å². The van der Waals surface area contributed by atoms with Crippen LogP contribution in [-0.2, 0) is 0 Å². The highest BCUT2D eigenvalue weighted by Crippen LogP contribution is 2.62. The van der Waals surface area contributed by atoms with E-state index in [1.807, 2.05) is 0 Å². The van der Waals surface area contributed by atoms with Gasteiger partial charge < -0.3 is 0 Å². The van der Waals surface area contributed by atoms with E-state index in [1.54, 1.807) is 11.1 Å². The minimum Gasteiger partial charge on any atom is -0.120 e. The van der Waals surface area contributed by atoms with Crippen molar-refractivity contribution in [1.29, 1.82) is 0 Å². The number of rotatable bonds is 0. The Bertz CT molecular complexity index is 582. The van der Waals surface area contributed by atoms with Crippen molar-refractivity contribution in [3.8, 4) is 12.3 Å². The van der Waals surface area contributed by atoms with E-state index in [1.165, 1.54) is 44.1 Å². The van der Waals surface area contributed by atoms with Crippen molar-refractivity contribution in [3.05, 3.63) is 35.5 Å². The van der Waals surface area contributed by atoms with Crippen LogP contribution in [0.4, 0.5) is 0 Å². The number of fused-ring (bicyclic) bond motifs is 4. The summed E-state index contributed by atoms with van der Waals surface area (Å²) in [5.74, 6) is 6.22. The fraction of sp³-hybridized carbons (Fsp3) is 0.619. The molecule has 4 aliphatic carbocycles. The first-order chi connectivity index (χ1) is 10.1. The molecule has 0 radical (unpaired) electrons. The Kier molecular flexibility index (Phi) is 2.97. The van der Waals surface area contributed by atoms with Gasteiger partial charge >= 0.3 is 0 Å². The summed E-state index contributed by atoms with van der Waals surface area (Å²) in [6.07, 6.45) is 19.6. The van der Waals surface area contributed by atoms with Gasteiger partial charge in [0.05, 0.1) is 0 Å². The lowest BCUT2D eigenvalue weighted by Gasteiger charge is -2.51. The van der Waals surface area contributed by atoms with Crippen molar-refractivity contribution in [3.63, 3.8) is 0 Å². The minimum absolute atomic E-state index is 0.427. The van der Waals surface area contributed by atoms with Crippen molar-refractivity contribution in [2.45, 2.75) is 51.9 Å². The molecule has 0 aromatic rings. The van der Waals surface area contributed by atoms with Crippen LogP contribution in [0.5, 0.6) is 0 Å². The van der Waals surface area contributed by atoms with Gasteiger partial charge in [-0.15, -0.1) is 12.3 Å². The quantitative estimate of drug-likeness (QED) is 0.528. The van der Waals surface area contributed by atoms with Gasteiger partial charge in [-0.2, -0.15) is 0 Å². The first kappa shape index (κ1) is 13.4. The zero-order valence-electron chi connectivity index (χ0n) is 13.2. The van der Waals surface area contributed by atoms with Crippen molar-refractivity contribution in [1.82, 2.24) is 0 Å². The summed E-state index contributed by atoms with van der Waals surface area (Å²) in [6, 6.07) is 0. The summed E-state index contributed by atoms with van der Waals surface area (Å²) in [6.45, 7) is 6.65. The summed E-state index contributed by atoms with van der Waals surface area (Å²) in [7, 11) is 0. The second kappa shape index (κ2) is 4.64. The Morgan fingerprint density at radius 2 is 2.10 bits per heavy atom. The van der Waals surface area contributed by atoms with E-state index < -0.39 is 0 Å². The highest BCUT2D eigenvalue weighted by molar-refractivity contribution is 5.43. The van der Waals surface area contributed by atoms with Gasteiger partial charge in [0.15, 0.2) is 0 Å². The van der Waals surface area contributed by atoms with Crippen LogP contribution in [0.1, 0.15) is 51.9 Å². The van der Waals surface area contributed by atoms with Crippen LogP contribution in [-0.4, -0.2) is 0 Å². The third-order valence-electron chi connectivity index (χ3n) is 7.16. The molecule has 0 heterocycles. The lowest BCUT2D eigenvalue weighted by Crippen LogP contribution is -2.43. The van der Waals surface area contributed by atoms with Gasteiger partial charge in [-0.25, -0.2) is 0 Å². The van der Waals surface area contributed by atoms with Crippen molar-refractivity contribution in [2.24, 2.45) is 29.1 Å². The highest BCUT2D eigenvalue weighted by Gasteiger charge is 2.54. The molecule has 21 heavy (non-hydrogen) atoms. The SMILES string of the molecule is C#C[C@H]1CCC2C3CCC4=C(C=CC(=C)C4)C3CC[C@@]21C. The molecule has 4 aliphatic rings. The molecule has 0 saturated heterocycles. The molecule has 0 nitrogen and oxygen atoms in total. The lowest BCUT2D eigenvalue weighted by atomic mass is 9.53. The third kappa shape index (κ3) is 1.83. The Hall–Kier alpha value is -1.22. The van der Waals surface area contributed by atoms with Gasteiger partial charge in [0, 0.05) is 5.92 Å². The van der Waals surface area contributed by atoms with Crippen LogP contribution in [0.25, 0.3) is 0 Å². The second-order valence-electron chi connectivity index (χ2n) is 7.98. The largest absolute Gasteiger partial charge is 0.120 e. The zero-order chi connectivity index (χ0) is 14.6. The predicted molar refractivity (Wildman–Crippen MR) is 88.5 cm³/mol. The highest BCUT2D eigenvalue weighted by atomic mass is 14.6. The first-order valence-corrected chi connectivity index (χ1v) is 8.67. The molecule has 2 saturated carbocycles. The van der Waals surface area contributed by atoms with E-state index >= 15 is 0 Å². The predicted octanol–water partition coefficient (Wildman–Crippen LogP) is 5.28. The fourth-order valence-electron chi connectivity index (χ4n) is 6.07. The van der Waals surface area contributed by atoms with Crippen LogP contribution in [0.3, 0.4) is 0 Å². The van der Waals surface area contributed by atoms with E-state index in [0.29, 0.717) is 11.3 Å². The molecule has 0 heteroatoms. The average molecular weight is 278 g/mol. The van der Waals surface area contributed by atoms with Crippen LogP contribution >= 0.6 is 0 Å². The van der Waals surface area contributed by atoms with Gasteiger partial charge in [-0.05, 0) is 73.7 Å². The van der Waals surface area contributed by atoms with E-state index in [-0.39, 0.29) is 0 Å². The first-order valence-electron chi connectivity index (χ1n) is 8.67. The average Bonchev–Trinajstić information content (AvgIpc) is 2.83. The number of allylic oxidation sites excluding steroid dienone is 5. The Morgan fingerprint density at radius 1 is 1.24 bits per heavy atom. The summed E-state index contributed by atoms with van der Waals surface area (Å²) >= 11 is 0. The summed E-state index contributed by atoms with van der Waals surface area (Å²) in [4.78, 5) is 0. The topological polar surface area (TPSA) is 0 Å². The summed E-state index contributed by atoms with van der Waals surface area (Å²) in [5.41, 5.74) is 5.10. The molecular weight excluding hydrogens is 252 g/mol. The van der Waals surface area contributed by atoms with Crippen molar-refractivity contribution < 1.29 is 0 Å². The maximum absolute atomic E-state index is 5.84. The van der Waals surface area contributed by atoms with Gasteiger partial charge in [0.25, 0.3) is 0 Å². The smallest absolute Gasteiger partial charge is 0.0256 e. The molecule has 4 rings (SSSR count). The van der Waals surface area contributed by atoms with E-state index in [9.17, 15) is 0 Å². The summed E-state index contributed by atoms with van der Waals surface area (Å²) < 4.78 is 0. The molecule has 3 unspecified atom stereocenters. The molecule has 0 aliphatic heterocycles. The lowest BCUT2D eigenvalue weighted by molar-refractivity contribution is 0.0298. The van der Waals surface area contributed by atoms with Crippen molar-refractivity contribution in [2.75, 3.05) is 0 Å². The van der Waals surface area contributed by atoms with Crippen LogP contribution in [0, 0.1) is 41.4 Å². The zero-order valence-corrected chi connectivity index (χ0v) is 13.2. The molecular formula is C21H26. The van der Waals surface area contributed by atoms with E-state index in [4.69, 9.17) is 6.42 Å². The molecule has 0 bridgehead atoms. The van der Waals surface area contributed by atoms with Crippen LogP contribution in [0.15, 0.2) is 35.5 Å². The Labute approximate surface area is 129 Å². The van der Waals surface area contributed by atoms with Crippen LogP contribution in [0.2, 0.25) is 0 Å². The molecule has 0 amide bonds.